The van der Waals surface area contributed by atoms with Crippen molar-refractivity contribution in [3.8, 4) is 0 Å². The SMILES string of the molecule is CCC(=O)OC(=O)c1c(C)cccc1[N+](=O)[O-]. The second-order valence-corrected chi connectivity index (χ2v) is 3.34. The Morgan fingerprint density at radius 1 is 1.41 bits per heavy atom. The first-order chi connectivity index (χ1) is 7.97. The molecule has 0 fully saturated rings. The normalized spacial score (nSPS) is 9.76. The molecule has 0 N–H and O–H groups in total. The van der Waals surface area contributed by atoms with Crippen molar-refractivity contribution in [1.29, 1.82) is 0 Å². The molecule has 0 radical (unpaired) electrons. The van der Waals surface area contributed by atoms with E-state index >= 15 is 0 Å². The average molecular weight is 237 g/mol. The molecule has 0 heterocycles. The number of ether oxygens (including phenoxy) is 1. The van der Waals surface area contributed by atoms with Crippen LogP contribution in [0.15, 0.2) is 18.2 Å². The van der Waals surface area contributed by atoms with Gasteiger partial charge in [-0.25, -0.2) is 4.79 Å². The molecule has 0 atom stereocenters. The molecule has 0 amide bonds. The molecule has 0 saturated carbocycles. The number of nitro groups is 1. The predicted molar refractivity (Wildman–Crippen MR) is 58.5 cm³/mol. The number of carbonyl (C=O) groups excluding carboxylic acids is 2. The van der Waals surface area contributed by atoms with Crippen molar-refractivity contribution in [1.82, 2.24) is 0 Å². The lowest BCUT2D eigenvalue weighted by atomic mass is 10.1. The standard InChI is InChI=1S/C11H11NO5/c1-3-9(13)17-11(14)10-7(2)5-4-6-8(10)12(15)16/h4-6H,3H2,1-2H3. The van der Waals surface area contributed by atoms with Gasteiger partial charge < -0.3 is 4.74 Å². The highest BCUT2D eigenvalue weighted by Gasteiger charge is 2.24. The third-order valence-electron chi connectivity index (χ3n) is 2.15. The number of nitrogens with zero attached hydrogens (tertiary/aromatic N) is 1. The molecule has 0 aliphatic carbocycles. The van der Waals surface area contributed by atoms with Crippen LogP contribution < -0.4 is 0 Å². The molecule has 6 heteroatoms. The number of carbonyl (C=O) groups is 2. The minimum atomic E-state index is -0.985. The van der Waals surface area contributed by atoms with Gasteiger partial charge in [0.15, 0.2) is 0 Å². The fourth-order valence-corrected chi connectivity index (χ4v) is 1.30. The monoisotopic (exact) mass is 237 g/mol. The summed E-state index contributed by atoms with van der Waals surface area (Å²) in [7, 11) is 0. The van der Waals surface area contributed by atoms with Crippen LogP contribution in [-0.4, -0.2) is 16.9 Å². The van der Waals surface area contributed by atoms with Crippen LogP contribution in [0.2, 0.25) is 0 Å². The van der Waals surface area contributed by atoms with Gasteiger partial charge in [0.25, 0.3) is 5.69 Å². The van der Waals surface area contributed by atoms with E-state index in [1.165, 1.54) is 19.1 Å². The Morgan fingerprint density at radius 2 is 2.06 bits per heavy atom. The highest BCUT2D eigenvalue weighted by molar-refractivity contribution is 6.00. The Morgan fingerprint density at radius 3 is 2.59 bits per heavy atom. The van der Waals surface area contributed by atoms with Gasteiger partial charge in [-0.1, -0.05) is 19.1 Å². The van der Waals surface area contributed by atoms with E-state index in [4.69, 9.17) is 0 Å². The summed E-state index contributed by atoms with van der Waals surface area (Å²) in [6.07, 6.45) is 0.0332. The highest BCUT2D eigenvalue weighted by atomic mass is 16.6. The Kier molecular flexibility index (Phi) is 3.92. The summed E-state index contributed by atoms with van der Waals surface area (Å²) in [5.74, 6) is -1.70. The molecule has 0 spiro atoms. The van der Waals surface area contributed by atoms with Gasteiger partial charge in [0.2, 0.25) is 0 Å². The second kappa shape index (κ2) is 5.20. The molecular formula is C11H11NO5. The third-order valence-corrected chi connectivity index (χ3v) is 2.15. The molecule has 1 rings (SSSR count). The summed E-state index contributed by atoms with van der Waals surface area (Å²) in [5, 5.41) is 10.7. The summed E-state index contributed by atoms with van der Waals surface area (Å²) in [6.45, 7) is 3.07. The highest BCUT2D eigenvalue weighted by Crippen LogP contribution is 2.22. The van der Waals surface area contributed by atoms with Crippen LogP contribution in [0.1, 0.15) is 29.3 Å². The largest absolute Gasteiger partial charge is 0.389 e. The first-order valence-electron chi connectivity index (χ1n) is 4.96. The molecule has 1 aromatic carbocycles. The lowest BCUT2D eigenvalue weighted by Crippen LogP contribution is -2.14. The molecule has 6 nitrogen and oxygen atoms in total. The van der Waals surface area contributed by atoms with E-state index in [1.807, 2.05) is 0 Å². The van der Waals surface area contributed by atoms with Crippen molar-refractivity contribution >= 4 is 17.6 Å². The molecule has 0 bridgehead atoms. The molecule has 0 aliphatic rings. The second-order valence-electron chi connectivity index (χ2n) is 3.34. The number of nitro benzene ring substituents is 1. The zero-order valence-electron chi connectivity index (χ0n) is 9.43. The number of aryl methyl sites for hydroxylation is 1. The topological polar surface area (TPSA) is 86.5 Å². The summed E-state index contributed by atoms with van der Waals surface area (Å²) in [4.78, 5) is 32.7. The molecule has 0 aliphatic heterocycles. The van der Waals surface area contributed by atoms with Crippen molar-refractivity contribution in [2.75, 3.05) is 0 Å². The fourth-order valence-electron chi connectivity index (χ4n) is 1.30. The number of hydrogen-bond acceptors (Lipinski definition) is 5. The summed E-state index contributed by atoms with van der Waals surface area (Å²) in [6, 6.07) is 4.20. The Balaban J connectivity index is 3.16. The van der Waals surface area contributed by atoms with Gasteiger partial charge >= 0.3 is 11.9 Å². The van der Waals surface area contributed by atoms with Gasteiger partial charge in [0, 0.05) is 12.5 Å². The van der Waals surface area contributed by atoms with Gasteiger partial charge in [-0.3, -0.25) is 14.9 Å². The smallest absolute Gasteiger partial charge is 0.353 e. The van der Waals surface area contributed by atoms with Crippen LogP contribution in [0.25, 0.3) is 0 Å². The van der Waals surface area contributed by atoms with Crippen LogP contribution in [0.5, 0.6) is 0 Å². The van der Waals surface area contributed by atoms with Crippen LogP contribution in [0.4, 0.5) is 5.69 Å². The first kappa shape index (κ1) is 12.8. The molecule has 0 aromatic heterocycles. The maximum atomic E-state index is 11.6. The van der Waals surface area contributed by atoms with Crippen LogP contribution >= 0.6 is 0 Å². The fraction of sp³-hybridized carbons (Fsp3) is 0.273. The Bertz CT molecular complexity index is 481. The van der Waals surface area contributed by atoms with E-state index < -0.39 is 16.9 Å². The molecule has 17 heavy (non-hydrogen) atoms. The molecule has 0 unspecified atom stereocenters. The lowest BCUT2D eigenvalue weighted by Gasteiger charge is -2.05. The van der Waals surface area contributed by atoms with Crippen molar-refractivity contribution in [2.45, 2.75) is 20.3 Å². The minimum Gasteiger partial charge on any atom is -0.389 e. The zero-order valence-corrected chi connectivity index (χ0v) is 9.43. The molecule has 90 valence electrons. The summed E-state index contributed by atoms with van der Waals surface area (Å²) < 4.78 is 4.47. The molecular weight excluding hydrogens is 226 g/mol. The Labute approximate surface area is 97.3 Å². The predicted octanol–water partition coefficient (Wildman–Crippen LogP) is 2.00. The third kappa shape index (κ3) is 2.87. The van der Waals surface area contributed by atoms with E-state index in [0.717, 1.165) is 0 Å². The van der Waals surface area contributed by atoms with Gasteiger partial charge in [0.1, 0.15) is 5.56 Å². The Hall–Kier alpha value is -2.24. The van der Waals surface area contributed by atoms with E-state index in [-0.39, 0.29) is 17.7 Å². The van der Waals surface area contributed by atoms with Gasteiger partial charge in [0.05, 0.1) is 4.92 Å². The van der Waals surface area contributed by atoms with Crippen molar-refractivity contribution in [2.24, 2.45) is 0 Å². The van der Waals surface area contributed by atoms with Crippen molar-refractivity contribution < 1.29 is 19.2 Å². The zero-order chi connectivity index (χ0) is 13.0. The molecule has 1 aromatic rings. The number of esters is 2. The van der Waals surface area contributed by atoms with E-state index in [9.17, 15) is 19.7 Å². The number of hydrogen-bond donors (Lipinski definition) is 0. The maximum absolute atomic E-state index is 11.6. The van der Waals surface area contributed by atoms with Gasteiger partial charge in [-0.2, -0.15) is 0 Å². The minimum absolute atomic E-state index is 0.0332. The van der Waals surface area contributed by atoms with Crippen LogP contribution in [0.3, 0.4) is 0 Å². The lowest BCUT2D eigenvalue weighted by molar-refractivity contribution is -0.385. The maximum Gasteiger partial charge on any atom is 0.353 e. The van der Waals surface area contributed by atoms with E-state index in [0.29, 0.717) is 5.56 Å². The van der Waals surface area contributed by atoms with Crippen molar-refractivity contribution in [3.05, 3.63) is 39.4 Å². The average Bonchev–Trinajstić information content (AvgIpc) is 2.28. The summed E-state index contributed by atoms with van der Waals surface area (Å²) >= 11 is 0. The quantitative estimate of drug-likeness (QED) is 0.347. The van der Waals surface area contributed by atoms with E-state index in [2.05, 4.69) is 4.74 Å². The molecule has 0 saturated heterocycles. The summed E-state index contributed by atoms with van der Waals surface area (Å²) in [5.41, 5.74) is -0.147. The number of benzene rings is 1. The number of rotatable bonds is 3. The van der Waals surface area contributed by atoms with E-state index in [1.54, 1.807) is 13.0 Å². The van der Waals surface area contributed by atoms with Gasteiger partial charge in [-0.15, -0.1) is 0 Å². The van der Waals surface area contributed by atoms with Crippen LogP contribution in [0, 0.1) is 17.0 Å². The first-order valence-corrected chi connectivity index (χ1v) is 4.96. The van der Waals surface area contributed by atoms with Gasteiger partial charge in [-0.05, 0) is 12.5 Å². The van der Waals surface area contributed by atoms with Crippen molar-refractivity contribution in [3.63, 3.8) is 0 Å². The van der Waals surface area contributed by atoms with Crippen LogP contribution in [-0.2, 0) is 9.53 Å².